The monoisotopic (exact) mass is 340 g/mol. The van der Waals surface area contributed by atoms with Crippen molar-refractivity contribution >= 4 is 35.4 Å². The summed E-state index contributed by atoms with van der Waals surface area (Å²) in [6.07, 6.45) is 0. The molecule has 0 aliphatic carbocycles. The fraction of sp³-hybridized carbons (Fsp3) is 0.333. The van der Waals surface area contributed by atoms with Crippen LogP contribution >= 0.6 is 23.4 Å². The van der Waals surface area contributed by atoms with Gasteiger partial charge in [-0.25, -0.2) is 9.59 Å². The Labute approximate surface area is 138 Å². The highest BCUT2D eigenvalue weighted by molar-refractivity contribution is 7.99. The van der Waals surface area contributed by atoms with Gasteiger partial charge in [0.15, 0.2) is 0 Å². The Balaban J connectivity index is 2.18. The van der Waals surface area contributed by atoms with E-state index >= 15 is 0 Å². The van der Waals surface area contributed by atoms with Crippen molar-refractivity contribution < 1.29 is 14.3 Å². The molecule has 118 valence electrons. The van der Waals surface area contributed by atoms with Gasteiger partial charge < -0.3 is 15.4 Å². The molecule has 0 saturated heterocycles. The first-order valence-corrected chi connectivity index (χ1v) is 8.23. The van der Waals surface area contributed by atoms with Gasteiger partial charge in [-0.15, -0.1) is 11.8 Å². The molecule has 0 saturated carbocycles. The molecular formula is C15H17ClN2O3S. The van der Waals surface area contributed by atoms with E-state index in [-0.39, 0.29) is 12.1 Å². The lowest BCUT2D eigenvalue weighted by molar-refractivity contribution is -0.138. The number of carbonyl (C=O) groups excluding carboxylic acids is 2. The molecule has 1 aromatic rings. The summed E-state index contributed by atoms with van der Waals surface area (Å²) >= 11 is 7.37. The van der Waals surface area contributed by atoms with Crippen molar-refractivity contribution in [2.75, 3.05) is 12.4 Å². The molecule has 2 amide bonds. The lowest BCUT2D eigenvalue weighted by Crippen LogP contribution is -2.49. The molecule has 2 N–H and O–H groups in total. The number of carbonyl (C=O) groups is 2. The molecule has 0 spiro atoms. The summed E-state index contributed by atoms with van der Waals surface area (Å²) in [5.74, 6) is 0.0577. The number of thioether (sulfide) groups is 1. The van der Waals surface area contributed by atoms with E-state index in [0.29, 0.717) is 28.7 Å². The molecule has 0 bridgehead atoms. The standard InChI is InChI=1S/C15H17ClN2O3S/c1-3-21-14(19)13-9(2)17-15(20)18-12(13)8-22-11-6-4-10(16)5-7-11/h4-7,9H,3,8H2,1-2H3,(H2,17,18,20). The topological polar surface area (TPSA) is 67.4 Å². The zero-order chi connectivity index (χ0) is 16.1. The molecule has 2 rings (SSSR count). The highest BCUT2D eigenvalue weighted by Gasteiger charge is 2.29. The SMILES string of the molecule is CCOC(=O)C1=C(CSc2ccc(Cl)cc2)NC(=O)NC1C. The van der Waals surface area contributed by atoms with Crippen molar-refractivity contribution in [2.24, 2.45) is 0 Å². The van der Waals surface area contributed by atoms with Gasteiger partial charge in [0.2, 0.25) is 0 Å². The first-order valence-electron chi connectivity index (χ1n) is 6.87. The second-order valence-electron chi connectivity index (χ2n) is 4.68. The maximum atomic E-state index is 12.1. The number of amides is 2. The van der Waals surface area contributed by atoms with Gasteiger partial charge in [-0.3, -0.25) is 0 Å². The normalized spacial score (nSPS) is 17.8. The molecule has 1 aliphatic heterocycles. The number of halogens is 1. The fourth-order valence-electron chi connectivity index (χ4n) is 2.08. The summed E-state index contributed by atoms with van der Waals surface area (Å²) in [5.41, 5.74) is 1.04. The molecular weight excluding hydrogens is 324 g/mol. The van der Waals surface area contributed by atoms with Crippen LogP contribution in [0.15, 0.2) is 40.4 Å². The highest BCUT2D eigenvalue weighted by atomic mass is 35.5. The third-order valence-corrected chi connectivity index (χ3v) is 4.35. The number of esters is 1. The zero-order valence-corrected chi connectivity index (χ0v) is 13.9. The first-order chi connectivity index (χ1) is 10.5. The van der Waals surface area contributed by atoms with Gasteiger partial charge in [-0.05, 0) is 38.1 Å². The van der Waals surface area contributed by atoms with E-state index in [1.807, 2.05) is 12.1 Å². The minimum absolute atomic E-state index is 0.292. The molecule has 22 heavy (non-hydrogen) atoms. The molecule has 1 atom stereocenters. The molecule has 7 heteroatoms. The summed E-state index contributed by atoms with van der Waals surface area (Å²) in [7, 11) is 0. The Morgan fingerprint density at radius 1 is 1.36 bits per heavy atom. The smallest absolute Gasteiger partial charge is 0.337 e. The number of nitrogens with one attached hydrogen (secondary N) is 2. The minimum Gasteiger partial charge on any atom is -0.463 e. The third kappa shape index (κ3) is 4.18. The van der Waals surface area contributed by atoms with Crippen molar-refractivity contribution in [3.63, 3.8) is 0 Å². The van der Waals surface area contributed by atoms with E-state index in [9.17, 15) is 9.59 Å². The number of hydrogen-bond donors (Lipinski definition) is 2. The van der Waals surface area contributed by atoms with Crippen LogP contribution in [-0.4, -0.2) is 30.4 Å². The van der Waals surface area contributed by atoms with E-state index in [1.165, 1.54) is 11.8 Å². The molecule has 5 nitrogen and oxygen atoms in total. The van der Waals surface area contributed by atoms with Crippen LogP contribution in [0.3, 0.4) is 0 Å². The van der Waals surface area contributed by atoms with Crippen LogP contribution in [0, 0.1) is 0 Å². The predicted molar refractivity (Wildman–Crippen MR) is 87.0 cm³/mol. The zero-order valence-electron chi connectivity index (χ0n) is 12.3. The van der Waals surface area contributed by atoms with Gasteiger partial charge in [0, 0.05) is 21.4 Å². The molecule has 0 aromatic heterocycles. The summed E-state index contributed by atoms with van der Waals surface area (Å²) in [6.45, 7) is 3.80. The van der Waals surface area contributed by atoms with Gasteiger partial charge in [0.1, 0.15) is 0 Å². The van der Waals surface area contributed by atoms with E-state index in [1.54, 1.807) is 26.0 Å². The van der Waals surface area contributed by atoms with Crippen LogP contribution in [-0.2, 0) is 9.53 Å². The Morgan fingerprint density at radius 2 is 2.05 bits per heavy atom. The van der Waals surface area contributed by atoms with Gasteiger partial charge in [-0.1, -0.05) is 11.6 Å². The van der Waals surface area contributed by atoms with Crippen LogP contribution in [0.5, 0.6) is 0 Å². The third-order valence-electron chi connectivity index (χ3n) is 3.06. The van der Waals surface area contributed by atoms with Crippen LogP contribution in [0.2, 0.25) is 5.02 Å². The molecule has 1 unspecified atom stereocenters. The van der Waals surface area contributed by atoms with Crippen molar-refractivity contribution in [3.8, 4) is 0 Å². The maximum absolute atomic E-state index is 12.1. The Hall–Kier alpha value is -1.66. The van der Waals surface area contributed by atoms with Crippen LogP contribution < -0.4 is 10.6 Å². The first kappa shape index (κ1) is 16.7. The fourth-order valence-corrected chi connectivity index (χ4v) is 3.07. The number of benzene rings is 1. The maximum Gasteiger partial charge on any atom is 0.337 e. The van der Waals surface area contributed by atoms with E-state index in [2.05, 4.69) is 10.6 Å². The van der Waals surface area contributed by atoms with Crippen molar-refractivity contribution in [1.82, 2.24) is 10.6 Å². The quantitative estimate of drug-likeness (QED) is 0.639. The molecule has 1 heterocycles. The van der Waals surface area contributed by atoms with Gasteiger partial charge in [0.25, 0.3) is 0 Å². The molecule has 0 fully saturated rings. The summed E-state index contributed by atoms with van der Waals surface area (Å²) in [6, 6.07) is 6.69. The van der Waals surface area contributed by atoms with Gasteiger partial charge >= 0.3 is 12.0 Å². The van der Waals surface area contributed by atoms with Gasteiger partial charge in [0.05, 0.1) is 18.2 Å². The Kier molecular flexibility index (Phi) is 5.74. The average Bonchev–Trinajstić information content (AvgIpc) is 2.46. The van der Waals surface area contributed by atoms with Crippen LogP contribution in [0.4, 0.5) is 4.79 Å². The summed E-state index contributed by atoms with van der Waals surface area (Å²) in [5, 5.41) is 6.03. The number of ether oxygens (including phenoxy) is 1. The van der Waals surface area contributed by atoms with Crippen LogP contribution in [0.1, 0.15) is 13.8 Å². The predicted octanol–water partition coefficient (Wildman–Crippen LogP) is 2.95. The van der Waals surface area contributed by atoms with Crippen molar-refractivity contribution in [1.29, 1.82) is 0 Å². The van der Waals surface area contributed by atoms with Crippen molar-refractivity contribution in [2.45, 2.75) is 24.8 Å². The van der Waals surface area contributed by atoms with Crippen molar-refractivity contribution in [3.05, 3.63) is 40.6 Å². The Bertz CT molecular complexity index is 601. The van der Waals surface area contributed by atoms with E-state index in [0.717, 1.165) is 4.90 Å². The lowest BCUT2D eigenvalue weighted by atomic mass is 10.1. The molecule has 1 aliphatic rings. The summed E-state index contributed by atoms with van der Waals surface area (Å²) in [4.78, 5) is 24.7. The van der Waals surface area contributed by atoms with E-state index in [4.69, 9.17) is 16.3 Å². The minimum atomic E-state index is -0.408. The number of rotatable bonds is 5. The van der Waals surface area contributed by atoms with Gasteiger partial charge in [-0.2, -0.15) is 0 Å². The number of hydrogen-bond acceptors (Lipinski definition) is 4. The Morgan fingerprint density at radius 3 is 2.68 bits per heavy atom. The highest BCUT2D eigenvalue weighted by Crippen LogP contribution is 2.25. The van der Waals surface area contributed by atoms with E-state index < -0.39 is 5.97 Å². The second kappa shape index (κ2) is 7.56. The average molecular weight is 341 g/mol. The molecule has 1 aromatic carbocycles. The summed E-state index contributed by atoms with van der Waals surface area (Å²) < 4.78 is 5.07. The second-order valence-corrected chi connectivity index (χ2v) is 6.16. The molecule has 0 radical (unpaired) electrons. The lowest BCUT2D eigenvalue weighted by Gasteiger charge is -2.26. The van der Waals surface area contributed by atoms with Crippen LogP contribution in [0.25, 0.3) is 0 Å². The largest absolute Gasteiger partial charge is 0.463 e. The number of urea groups is 1.